The van der Waals surface area contributed by atoms with Crippen molar-refractivity contribution in [2.75, 3.05) is 7.11 Å². The monoisotopic (exact) mass is 262 g/mol. The molecule has 0 aromatic carbocycles. The molecule has 0 unspecified atom stereocenters. The molecule has 2 aromatic heterocycles. The number of carboxylic acids is 1. The molecule has 0 aliphatic heterocycles. The third-order valence-electron chi connectivity index (χ3n) is 2.12. The fourth-order valence-electron chi connectivity index (χ4n) is 1.26. The van der Waals surface area contributed by atoms with Gasteiger partial charge in [-0.3, -0.25) is 0 Å². The first kappa shape index (κ1) is 12.4. The normalized spacial score (nSPS) is 10.1. The van der Waals surface area contributed by atoms with E-state index in [0.29, 0.717) is 5.75 Å². The fraction of sp³-hybridized carbons (Fsp3) is 0.0833. The molecule has 2 heterocycles. The Bertz CT molecular complexity index is 558. The van der Waals surface area contributed by atoms with Gasteiger partial charge in [0, 0.05) is 11.1 Å². The van der Waals surface area contributed by atoms with Gasteiger partial charge in [-0.25, -0.2) is 14.8 Å². The topological polar surface area (TPSA) is 72.3 Å². The average Bonchev–Trinajstić information content (AvgIpc) is 2.40. The van der Waals surface area contributed by atoms with Gasteiger partial charge in [0.1, 0.15) is 16.5 Å². The van der Waals surface area contributed by atoms with Gasteiger partial charge in [0.05, 0.1) is 13.3 Å². The molecule has 92 valence electrons. The Balaban J connectivity index is 2.17. The Hall–Kier alpha value is -2.08. The van der Waals surface area contributed by atoms with Gasteiger partial charge in [0.25, 0.3) is 0 Å². The summed E-state index contributed by atoms with van der Waals surface area (Å²) in [4.78, 5) is 19.5. The van der Waals surface area contributed by atoms with E-state index in [1.54, 1.807) is 25.4 Å². The van der Waals surface area contributed by atoms with Crippen molar-refractivity contribution < 1.29 is 14.6 Å². The summed E-state index contributed by atoms with van der Waals surface area (Å²) in [6, 6.07) is 6.86. The first-order valence-corrected chi connectivity index (χ1v) is 5.88. The van der Waals surface area contributed by atoms with Gasteiger partial charge < -0.3 is 9.84 Å². The van der Waals surface area contributed by atoms with Gasteiger partial charge >= 0.3 is 5.97 Å². The van der Waals surface area contributed by atoms with E-state index in [1.165, 1.54) is 24.0 Å². The molecule has 2 rings (SSSR count). The summed E-state index contributed by atoms with van der Waals surface area (Å²) in [7, 11) is 1.58. The van der Waals surface area contributed by atoms with Crippen LogP contribution in [-0.2, 0) is 0 Å². The molecular formula is C12H10N2O3S. The molecule has 0 amide bonds. The van der Waals surface area contributed by atoms with E-state index >= 15 is 0 Å². The van der Waals surface area contributed by atoms with Crippen LogP contribution in [0.5, 0.6) is 5.75 Å². The Morgan fingerprint density at radius 1 is 1.33 bits per heavy atom. The maximum absolute atomic E-state index is 10.8. The quantitative estimate of drug-likeness (QED) is 0.911. The molecule has 2 aromatic rings. The van der Waals surface area contributed by atoms with Crippen molar-refractivity contribution in [3.8, 4) is 5.75 Å². The number of methoxy groups -OCH3 is 1. The molecule has 0 aliphatic rings. The zero-order valence-corrected chi connectivity index (χ0v) is 10.3. The zero-order valence-electron chi connectivity index (χ0n) is 9.53. The number of carboxylic acid groups (broad SMARTS) is 1. The van der Waals surface area contributed by atoms with Crippen LogP contribution in [0.15, 0.2) is 46.6 Å². The lowest BCUT2D eigenvalue weighted by atomic mass is 10.3. The van der Waals surface area contributed by atoms with Crippen LogP contribution in [0.25, 0.3) is 0 Å². The van der Waals surface area contributed by atoms with Crippen molar-refractivity contribution in [3.05, 3.63) is 42.4 Å². The fourth-order valence-corrected chi connectivity index (χ4v) is 2.04. The Morgan fingerprint density at radius 2 is 2.17 bits per heavy atom. The molecule has 0 radical (unpaired) electrons. The molecule has 5 nitrogen and oxygen atoms in total. The minimum Gasteiger partial charge on any atom is -0.495 e. The number of aromatic carboxylic acids is 1. The molecular weight excluding hydrogens is 252 g/mol. The van der Waals surface area contributed by atoms with E-state index in [4.69, 9.17) is 9.84 Å². The average molecular weight is 262 g/mol. The summed E-state index contributed by atoms with van der Waals surface area (Å²) in [6.45, 7) is 0. The van der Waals surface area contributed by atoms with Gasteiger partial charge in [-0.15, -0.1) is 0 Å². The predicted molar refractivity (Wildman–Crippen MR) is 66.1 cm³/mol. The lowest BCUT2D eigenvalue weighted by Crippen LogP contribution is -1.99. The van der Waals surface area contributed by atoms with Crippen LogP contribution in [0.3, 0.4) is 0 Å². The second-order valence-electron chi connectivity index (χ2n) is 3.32. The van der Waals surface area contributed by atoms with Gasteiger partial charge in [0.15, 0.2) is 0 Å². The smallest absolute Gasteiger partial charge is 0.354 e. The second kappa shape index (κ2) is 5.50. The second-order valence-corrected chi connectivity index (χ2v) is 4.41. The lowest BCUT2D eigenvalue weighted by Gasteiger charge is -2.03. The summed E-state index contributed by atoms with van der Waals surface area (Å²) in [5, 5.41) is 9.60. The number of hydrogen-bond donors (Lipinski definition) is 1. The van der Waals surface area contributed by atoms with E-state index in [1.807, 2.05) is 6.07 Å². The van der Waals surface area contributed by atoms with Crippen LogP contribution in [0.2, 0.25) is 0 Å². The third-order valence-corrected chi connectivity index (χ3v) is 3.06. The number of nitrogens with zero attached hydrogens (tertiary/aromatic N) is 2. The Labute approximate surface area is 108 Å². The zero-order chi connectivity index (χ0) is 13.0. The van der Waals surface area contributed by atoms with Crippen LogP contribution < -0.4 is 4.74 Å². The largest absolute Gasteiger partial charge is 0.495 e. The lowest BCUT2D eigenvalue weighted by molar-refractivity contribution is 0.0690. The van der Waals surface area contributed by atoms with Crippen LogP contribution in [0.4, 0.5) is 0 Å². The van der Waals surface area contributed by atoms with E-state index in [2.05, 4.69) is 9.97 Å². The van der Waals surface area contributed by atoms with Crippen molar-refractivity contribution in [1.29, 1.82) is 0 Å². The van der Waals surface area contributed by atoms with Crippen molar-refractivity contribution in [2.24, 2.45) is 0 Å². The van der Waals surface area contributed by atoms with Gasteiger partial charge in [-0.1, -0.05) is 11.8 Å². The minimum atomic E-state index is -1.04. The maximum atomic E-state index is 10.8. The standard InChI is InChI=1S/C12H10N2O3S/c1-17-8-2-3-11(14-7-8)18-9-4-5-13-10(6-9)12(15)16/h2-7H,1H3,(H,15,16). The van der Waals surface area contributed by atoms with E-state index in [0.717, 1.165) is 9.92 Å². The molecule has 0 saturated heterocycles. The first-order chi connectivity index (χ1) is 8.69. The number of carbonyl (C=O) groups is 1. The summed E-state index contributed by atoms with van der Waals surface area (Å²) < 4.78 is 5.01. The number of pyridine rings is 2. The van der Waals surface area contributed by atoms with Crippen LogP contribution in [0, 0.1) is 0 Å². The van der Waals surface area contributed by atoms with Crippen molar-refractivity contribution in [3.63, 3.8) is 0 Å². The Morgan fingerprint density at radius 3 is 2.78 bits per heavy atom. The SMILES string of the molecule is COc1ccc(Sc2ccnc(C(=O)O)c2)nc1. The molecule has 0 saturated carbocycles. The highest BCUT2D eigenvalue weighted by atomic mass is 32.2. The number of rotatable bonds is 4. The molecule has 0 atom stereocenters. The van der Waals surface area contributed by atoms with Crippen LogP contribution >= 0.6 is 11.8 Å². The number of ether oxygens (including phenoxy) is 1. The van der Waals surface area contributed by atoms with Gasteiger partial charge in [-0.2, -0.15) is 0 Å². The predicted octanol–water partition coefficient (Wildman–Crippen LogP) is 2.33. The highest BCUT2D eigenvalue weighted by Gasteiger charge is 2.06. The molecule has 0 spiro atoms. The van der Waals surface area contributed by atoms with Gasteiger partial charge in [0.2, 0.25) is 0 Å². The highest BCUT2D eigenvalue weighted by molar-refractivity contribution is 7.99. The summed E-state index contributed by atoms with van der Waals surface area (Å²) in [6.07, 6.45) is 3.08. The van der Waals surface area contributed by atoms with Crippen molar-refractivity contribution in [2.45, 2.75) is 9.92 Å². The third kappa shape index (κ3) is 2.98. The van der Waals surface area contributed by atoms with E-state index < -0.39 is 5.97 Å². The molecule has 0 aliphatic carbocycles. The highest BCUT2D eigenvalue weighted by Crippen LogP contribution is 2.26. The van der Waals surface area contributed by atoms with Crippen molar-refractivity contribution in [1.82, 2.24) is 9.97 Å². The summed E-state index contributed by atoms with van der Waals surface area (Å²) in [5.41, 5.74) is 0.0218. The molecule has 6 heteroatoms. The summed E-state index contributed by atoms with van der Waals surface area (Å²) >= 11 is 1.37. The Kier molecular flexibility index (Phi) is 3.78. The first-order valence-electron chi connectivity index (χ1n) is 5.06. The number of aromatic nitrogens is 2. The number of hydrogen-bond acceptors (Lipinski definition) is 5. The minimum absolute atomic E-state index is 0.0218. The molecule has 0 fully saturated rings. The van der Waals surface area contributed by atoms with Crippen LogP contribution in [-0.4, -0.2) is 28.2 Å². The van der Waals surface area contributed by atoms with E-state index in [-0.39, 0.29) is 5.69 Å². The van der Waals surface area contributed by atoms with Crippen molar-refractivity contribution >= 4 is 17.7 Å². The summed E-state index contributed by atoms with van der Waals surface area (Å²) in [5.74, 6) is -0.361. The maximum Gasteiger partial charge on any atom is 0.354 e. The van der Waals surface area contributed by atoms with Crippen LogP contribution in [0.1, 0.15) is 10.5 Å². The van der Waals surface area contributed by atoms with Gasteiger partial charge in [-0.05, 0) is 24.3 Å². The molecule has 18 heavy (non-hydrogen) atoms. The molecule has 1 N–H and O–H groups in total. The van der Waals surface area contributed by atoms with E-state index in [9.17, 15) is 4.79 Å². The molecule has 0 bridgehead atoms.